The van der Waals surface area contributed by atoms with E-state index in [0.29, 0.717) is 30.8 Å². The molecule has 4 bridgehead atoms. The van der Waals surface area contributed by atoms with Crippen LogP contribution in [-0.2, 0) is 37.2 Å². The molecule has 2 aromatic carbocycles. The van der Waals surface area contributed by atoms with Crippen molar-refractivity contribution in [3.8, 4) is 33.6 Å². The molecule has 6 atom stereocenters. The molecular formula is C47H58N10O5. The summed E-state index contributed by atoms with van der Waals surface area (Å²) >= 11 is 0. The highest BCUT2D eigenvalue weighted by molar-refractivity contribution is 6.00. The minimum atomic E-state index is -0.704. The Bertz CT molecular complexity index is 2540. The second-order valence-electron chi connectivity index (χ2n) is 18.6. The number of H-pyrrole nitrogens is 2. The van der Waals surface area contributed by atoms with E-state index in [1.54, 1.807) is 7.11 Å². The molecule has 2 saturated heterocycles. The minimum absolute atomic E-state index is 0.0439. The van der Waals surface area contributed by atoms with Crippen LogP contribution in [0.25, 0.3) is 44.7 Å². The van der Waals surface area contributed by atoms with Crippen molar-refractivity contribution in [1.82, 2.24) is 49.9 Å². The molecule has 2 aliphatic carbocycles. The van der Waals surface area contributed by atoms with Gasteiger partial charge in [0.2, 0.25) is 11.8 Å². The lowest BCUT2D eigenvalue weighted by Crippen LogP contribution is -2.56. The molecule has 4 fully saturated rings. The second kappa shape index (κ2) is 15.7. The number of benzene rings is 2. The molecule has 5 aromatic rings. The number of nitrogens with one attached hydrogen (secondary N) is 4. The number of aryl methyl sites for hydroxylation is 1. The Morgan fingerprint density at radius 2 is 1.27 bits per heavy atom. The number of methoxy groups -OCH3 is 2. The van der Waals surface area contributed by atoms with Crippen LogP contribution in [-0.4, -0.2) is 96.6 Å². The van der Waals surface area contributed by atoms with Gasteiger partial charge in [0.25, 0.3) is 0 Å². The van der Waals surface area contributed by atoms with Gasteiger partial charge < -0.3 is 44.4 Å². The van der Waals surface area contributed by atoms with Crippen LogP contribution < -0.4 is 10.6 Å². The highest BCUT2D eigenvalue weighted by Gasteiger charge is 2.58. The van der Waals surface area contributed by atoms with Crippen molar-refractivity contribution in [2.45, 2.75) is 89.4 Å². The summed E-state index contributed by atoms with van der Waals surface area (Å²) in [6.45, 7) is 13.2. The summed E-state index contributed by atoms with van der Waals surface area (Å²) in [4.78, 5) is 66.5. The summed E-state index contributed by atoms with van der Waals surface area (Å²) in [6.07, 6.45) is 10.5. The van der Waals surface area contributed by atoms with E-state index < -0.39 is 29.3 Å². The van der Waals surface area contributed by atoms with Gasteiger partial charge in [0.1, 0.15) is 34.8 Å². The summed E-state index contributed by atoms with van der Waals surface area (Å²) in [5.41, 5.74) is 6.53. The molecule has 326 valence electrons. The van der Waals surface area contributed by atoms with E-state index in [4.69, 9.17) is 24.4 Å². The number of hydrogen-bond donors (Lipinski definition) is 4. The summed E-state index contributed by atoms with van der Waals surface area (Å²) in [7, 11) is 4.86. The molecule has 4 aliphatic rings. The van der Waals surface area contributed by atoms with E-state index in [1.165, 1.54) is 7.11 Å². The van der Waals surface area contributed by atoms with Crippen LogP contribution in [0.2, 0.25) is 0 Å². The number of nitrogens with zero attached hydrogens (tertiary/aromatic N) is 6. The lowest BCUT2D eigenvalue weighted by atomic mass is 9.93. The third kappa shape index (κ3) is 6.71. The van der Waals surface area contributed by atoms with Crippen molar-refractivity contribution in [3.05, 3.63) is 79.2 Å². The van der Waals surface area contributed by atoms with Crippen molar-refractivity contribution in [2.75, 3.05) is 27.3 Å². The van der Waals surface area contributed by atoms with E-state index in [-0.39, 0.29) is 23.7 Å². The van der Waals surface area contributed by atoms with Gasteiger partial charge in [0.05, 0.1) is 55.4 Å². The van der Waals surface area contributed by atoms with Crippen LogP contribution >= 0.6 is 0 Å². The maximum absolute atomic E-state index is 14.1. The molecule has 5 heterocycles. The predicted octanol–water partition coefficient (Wildman–Crippen LogP) is 6.81. The molecule has 0 unspecified atom stereocenters. The summed E-state index contributed by atoms with van der Waals surface area (Å²) < 4.78 is 12.2. The number of aromatic nitrogens is 6. The first kappa shape index (κ1) is 41.2. The normalized spacial score (nSPS) is 23.7. The molecule has 62 heavy (non-hydrogen) atoms. The lowest BCUT2D eigenvalue weighted by Gasteiger charge is -2.40. The number of amides is 3. The lowest BCUT2D eigenvalue weighted by molar-refractivity contribution is -0.141. The van der Waals surface area contributed by atoms with Crippen LogP contribution in [0.3, 0.4) is 0 Å². The fourth-order valence-electron chi connectivity index (χ4n) is 10.9. The largest absolute Gasteiger partial charge is 0.483 e. The molecule has 9 rings (SSSR count). The van der Waals surface area contributed by atoms with Gasteiger partial charge in [-0.3, -0.25) is 9.59 Å². The maximum Gasteiger partial charge on any atom is 0.407 e. The monoisotopic (exact) mass is 842 g/mol. The predicted molar refractivity (Wildman–Crippen MR) is 235 cm³/mol. The van der Waals surface area contributed by atoms with Crippen LogP contribution in [0.15, 0.2) is 67.6 Å². The topological polar surface area (TPSA) is 175 Å². The Labute approximate surface area is 362 Å². The third-order valence-electron chi connectivity index (χ3n) is 14.2. The summed E-state index contributed by atoms with van der Waals surface area (Å²) in [5.74, 6) is 2.66. The second-order valence-corrected chi connectivity index (χ2v) is 18.6. The molecule has 3 aromatic heterocycles. The Kier molecular flexibility index (Phi) is 10.4. The molecule has 0 radical (unpaired) electrons. The average Bonchev–Trinajstić information content (AvgIpc) is 4.14. The van der Waals surface area contributed by atoms with Gasteiger partial charge in [-0.15, -0.1) is 0 Å². The number of piperidine rings is 2. The number of rotatable bonds is 13. The van der Waals surface area contributed by atoms with Crippen molar-refractivity contribution >= 4 is 28.9 Å². The number of carbonyl (C=O) groups excluding carboxylic acids is 3. The zero-order chi connectivity index (χ0) is 43.7. The fourth-order valence-corrected chi connectivity index (χ4v) is 10.9. The molecule has 2 aliphatic heterocycles. The van der Waals surface area contributed by atoms with E-state index in [0.717, 1.165) is 94.8 Å². The van der Waals surface area contributed by atoms with Gasteiger partial charge in [-0.25, -0.2) is 19.7 Å². The molecule has 15 heteroatoms. The first-order valence-electron chi connectivity index (χ1n) is 21.9. The van der Waals surface area contributed by atoms with E-state index in [2.05, 4.69) is 63.6 Å². The van der Waals surface area contributed by atoms with Gasteiger partial charge in [-0.1, -0.05) is 58.0 Å². The molecule has 4 N–H and O–H groups in total. The Morgan fingerprint density at radius 3 is 1.82 bits per heavy atom. The molecule has 15 nitrogen and oxygen atoms in total. The number of fused-ring (bicyclic) bond motifs is 5. The number of hydrogen-bond acceptors (Lipinski definition) is 9. The van der Waals surface area contributed by atoms with Gasteiger partial charge in [-0.05, 0) is 86.0 Å². The average molecular weight is 843 g/mol. The Hall–Kier alpha value is -6.12. The van der Waals surface area contributed by atoms with Gasteiger partial charge in [0, 0.05) is 31.3 Å². The molecule has 2 saturated carbocycles. The van der Waals surface area contributed by atoms with Crippen LogP contribution in [0.5, 0.6) is 0 Å². The fraction of sp³-hybridized carbons (Fsp3) is 0.489. The summed E-state index contributed by atoms with van der Waals surface area (Å²) in [5, 5.41) is 5.98. The van der Waals surface area contributed by atoms with Crippen molar-refractivity contribution < 1.29 is 23.9 Å². The smallest absolute Gasteiger partial charge is 0.407 e. The van der Waals surface area contributed by atoms with Gasteiger partial charge in [0.15, 0.2) is 5.88 Å². The first-order chi connectivity index (χ1) is 29.8. The van der Waals surface area contributed by atoms with Crippen LogP contribution in [0, 0.1) is 23.7 Å². The van der Waals surface area contributed by atoms with Crippen LogP contribution in [0.4, 0.5) is 4.79 Å². The SMILES string of the molecule is C=C(N[C@H](C(=O)N1C[C@H]2CC[C@@]1(c1ncc(-c3ccc(-c4ccc(-c5cnc([C@@]67CC[C@H](CN6C(=O)[C@@H](NC(=O)OC)C(C)C)C7)[nH]5)c5c4ncn5C)cc3)[nH]1)C2)C(C)C)OC. The minimum Gasteiger partial charge on any atom is -0.483 e. The molecule has 0 spiro atoms. The molecular weight excluding hydrogens is 785 g/mol. The van der Waals surface area contributed by atoms with E-state index >= 15 is 0 Å². The Morgan fingerprint density at radius 1 is 0.742 bits per heavy atom. The van der Waals surface area contributed by atoms with Gasteiger partial charge >= 0.3 is 6.09 Å². The summed E-state index contributed by atoms with van der Waals surface area (Å²) in [6, 6.07) is 11.5. The maximum atomic E-state index is 14.1. The van der Waals surface area contributed by atoms with Gasteiger partial charge in [-0.2, -0.15) is 0 Å². The Balaban J connectivity index is 0.967. The zero-order valence-electron chi connectivity index (χ0n) is 36.7. The van der Waals surface area contributed by atoms with E-state index in [1.807, 2.05) is 67.8 Å². The third-order valence-corrected chi connectivity index (χ3v) is 14.2. The number of aromatic amines is 2. The highest BCUT2D eigenvalue weighted by atomic mass is 16.5. The highest BCUT2D eigenvalue weighted by Crippen LogP contribution is 2.54. The van der Waals surface area contributed by atoms with Crippen molar-refractivity contribution in [2.24, 2.45) is 30.7 Å². The number of alkyl carbamates (subject to hydrolysis) is 1. The number of carbonyl (C=O) groups is 3. The zero-order valence-corrected chi connectivity index (χ0v) is 36.7. The first-order valence-corrected chi connectivity index (χ1v) is 21.9. The number of likely N-dealkylation sites (tertiary alicyclic amines) is 2. The van der Waals surface area contributed by atoms with Crippen LogP contribution in [0.1, 0.15) is 77.9 Å². The van der Waals surface area contributed by atoms with E-state index in [9.17, 15) is 14.4 Å². The van der Waals surface area contributed by atoms with Crippen molar-refractivity contribution in [1.29, 1.82) is 0 Å². The molecule has 3 amide bonds. The quantitative estimate of drug-likeness (QED) is 0.0929. The standard InChI is InChI=1S/C47H58N10O5/c1-26(2)37(51-28(5)61-7)41(58)56-23-29-15-17-46(56,19-29)43-48-21-35(52-43)32-11-9-31(10-12-32)33-13-14-34(40-39(33)50-25-55(40)6)36-22-49-44(53-36)47-18-16-30(20-47)24-57(47)42(59)38(27(3)4)54-45(60)62-8/h9-14,21-22,25-27,29-30,37-38,51H,5,15-20,23-24H2,1-4,6-8H3,(H,48,52)(H,49,53)(H,54,60)/t29-,30-,37-,38-,46-,47-/m0/s1. The van der Waals surface area contributed by atoms with Crippen molar-refractivity contribution in [3.63, 3.8) is 0 Å². The number of ether oxygens (including phenoxy) is 2. The number of imidazole rings is 3.